The van der Waals surface area contributed by atoms with Gasteiger partial charge in [0.25, 0.3) is 0 Å². The number of rotatable bonds is 2. The summed E-state index contributed by atoms with van der Waals surface area (Å²) in [5, 5.41) is 2.46. The van der Waals surface area contributed by atoms with Crippen LogP contribution in [0.1, 0.15) is 30.1 Å². The molecule has 0 unspecified atom stereocenters. The Balaban J connectivity index is 1.75. The number of nitrogens with two attached hydrogens (primary N) is 1. The molecule has 1 fully saturated rings. The van der Waals surface area contributed by atoms with E-state index in [1.807, 2.05) is 11.4 Å². The number of aromatic nitrogens is 2. The van der Waals surface area contributed by atoms with E-state index < -0.39 is 5.67 Å². The summed E-state index contributed by atoms with van der Waals surface area (Å²) >= 11 is 1.41. The van der Waals surface area contributed by atoms with Crippen LogP contribution in [0.25, 0.3) is 0 Å². The van der Waals surface area contributed by atoms with Crippen molar-refractivity contribution < 1.29 is 4.39 Å². The fraction of sp³-hybridized carbons (Fsp3) is 0.333. The summed E-state index contributed by atoms with van der Waals surface area (Å²) in [6.07, 6.45) is 2.53. The van der Waals surface area contributed by atoms with E-state index in [-0.39, 0.29) is 5.92 Å². The smallest absolute Gasteiger partial charge is 0.180 e. The molecule has 0 spiro atoms. The Morgan fingerprint density at radius 1 is 1.41 bits per heavy atom. The number of hydrogen-bond acceptors (Lipinski definition) is 4. The number of alkyl halides is 1. The minimum absolute atomic E-state index is 0.176. The average molecular weight is 249 g/mol. The van der Waals surface area contributed by atoms with Crippen LogP contribution in [-0.2, 0) is 5.67 Å². The molecule has 3 rings (SSSR count). The van der Waals surface area contributed by atoms with Crippen LogP contribution in [0.2, 0.25) is 0 Å². The first-order valence-electron chi connectivity index (χ1n) is 5.49. The molecule has 1 aliphatic rings. The van der Waals surface area contributed by atoms with Gasteiger partial charge in [-0.25, -0.2) is 9.37 Å². The molecule has 88 valence electrons. The first-order valence-corrected chi connectivity index (χ1v) is 6.37. The highest BCUT2D eigenvalue weighted by molar-refractivity contribution is 7.13. The molecule has 2 aromatic rings. The molecule has 0 amide bonds. The van der Waals surface area contributed by atoms with Crippen molar-refractivity contribution in [2.24, 2.45) is 0 Å². The van der Waals surface area contributed by atoms with Gasteiger partial charge < -0.3 is 5.73 Å². The van der Waals surface area contributed by atoms with Crippen molar-refractivity contribution >= 4 is 16.5 Å². The van der Waals surface area contributed by atoms with E-state index in [2.05, 4.69) is 9.97 Å². The van der Waals surface area contributed by atoms with E-state index in [0.717, 1.165) is 5.69 Å². The van der Waals surface area contributed by atoms with E-state index in [0.29, 0.717) is 23.7 Å². The maximum Gasteiger partial charge on any atom is 0.180 e. The molecule has 3 nitrogen and oxygen atoms in total. The molecule has 2 aromatic heterocycles. The molecule has 0 atom stereocenters. The number of hydrogen-bond donors (Lipinski definition) is 1. The van der Waals surface area contributed by atoms with Gasteiger partial charge in [0, 0.05) is 17.5 Å². The quantitative estimate of drug-likeness (QED) is 0.890. The second-order valence-electron chi connectivity index (χ2n) is 4.40. The normalized spacial score (nSPS) is 27.7. The lowest BCUT2D eigenvalue weighted by molar-refractivity contribution is 0.0318. The molecule has 5 heteroatoms. The molecule has 2 heterocycles. The van der Waals surface area contributed by atoms with E-state index in [1.165, 1.54) is 11.3 Å². The number of halogens is 1. The number of nitrogen functional groups attached to an aromatic ring is 1. The third kappa shape index (κ3) is 1.80. The minimum atomic E-state index is -1.29. The fourth-order valence-electron chi connectivity index (χ4n) is 2.26. The summed E-state index contributed by atoms with van der Waals surface area (Å²) in [4.78, 5) is 8.29. The largest absolute Gasteiger partial charge is 0.375 e. The number of thiazole rings is 1. The molecule has 0 radical (unpaired) electrons. The van der Waals surface area contributed by atoms with E-state index >= 15 is 0 Å². The van der Waals surface area contributed by atoms with Crippen LogP contribution in [0.5, 0.6) is 0 Å². The van der Waals surface area contributed by atoms with Gasteiger partial charge in [0.15, 0.2) is 10.8 Å². The first kappa shape index (κ1) is 10.7. The third-order valence-electron chi connectivity index (χ3n) is 3.22. The van der Waals surface area contributed by atoms with Crippen molar-refractivity contribution in [2.75, 3.05) is 5.73 Å². The van der Waals surface area contributed by atoms with Gasteiger partial charge >= 0.3 is 0 Å². The molecule has 0 aliphatic heterocycles. The summed E-state index contributed by atoms with van der Waals surface area (Å²) in [5.74, 6) is 0.176. The van der Waals surface area contributed by atoms with E-state index in [1.54, 1.807) is 18.3 Å². The summed E-state index contributed by atoms with van der Waals surface area (Å²) < 4.78 is 14.5. The lowest BCUT2D eigenvalue weighted by atomic mass is 9.69. The summed E-state index contributed by atoms with van der Waals surface area (Å²) in [6, 6.07) is 5.35. The van der Waals surface area contributed by atoms with Crippen LogP contribution in [0.15, 0.2) is 29.8 Å². The van der Waals surface area contributed by atoms with Crippen molar-refractivity contribution in [1.82, 2.24) is 9.97 Å². The minimum Gasteiger partial charge on any atom is -0.375 e. The SMILES string of the molecule is Nc1nc(C2CC(F)(c3ccccn3)C2)cs1. The fourth-order valence-corrected chi connectivity index (χ4v) is 2.90. The monoisotopic (exact) mass is 249 g/mol. The van der Waals surface area contributed by atoms with Gasteiger partial charge in [-0.05, 0) is 25.0 Å². The van der Waals surface area contributed by atoms with E-state index in [4.69, 9.17) is 5.73 Å². The maximum atomic E-state index is 14.5. The van der Waals surface area contributed by atoms with Crippen LogP contribution >= 0.6 is 11.3 Å². The number of pyridine rings is 1. The molecule has 1 saturated carbocycles. The Kier molecular flexibility index (Phi) is 2.36. The molecule has 0 aromatic carbocycles. The van der Waals surface area contributed by atoms with Crippen LogP contribution in [0, 0.1) is 0 Å². The van der Waals surface area contributed by atoms with Crippen molar-refractivity contribution in [3.8, 4) is 0 Å². The second-order valence-corrected chi connectivity index (χ2v) is 5.29. The topological polar surface area (TPSA) is 51.8 Å². The van der Waals surface area contributed by atoms with Gasteiger partial charge in [0.1, 0.15) is 0 Å². The number of anilines is 1. The Labute approximate surface area is 103 Å². The lowest BCUT2D eigenvalue weighted by Crippen LogP contribution is -2.36. The zero-order valence-corrected chi connectivity index (χ0v) is 9.95. The molecule has 0 saturated heterocycles. The summed E-state index contributed by atoms with van der Waals surface area (Å²) in [7, 11) is 0. The van der Waals surface area contributed by atoms with Crippen LogP contribution < -0.4 is 5.73 Å². The second kappa shape index (κ2) is 3.77. The molecular formula is C12H12FN3S. The molecule has 2 N–H and O–H groups in total. The van der Waals surface area contributed by atoms with Crippen LogP contribution in [0.4, 0.5) is 9.52 Å². The summed E-state index contributed by atoms with van der Waals surface area (Å²) in [6.45, 7) is 0. The van der Waals surface area contributed by atoms with Gasteiger partial charge in [-0.15, -0.1) is 11.3 Å². The standard InChI is InChI=1S/C12H12FN3S/c13-12(10-3-1-2-4-15-10)5-8(6-12)9-7-17-11(14)16-9/h1-4,7-8H,5-6H2,(H2,14,16). The molecule has 17 heavy (non-hydrogen) atoms. The van der Waals surface area contributed by atoms with Gasteiger partial charge in [-0.3, -0.25) is 4.98 Å². The van der Waals surface area contributed by atoms with Crippen molar-refractivity contribution in [3.63, 3.8) is 0 Å². The Morgan fingerprint density at radius 2 is 2.24 bits per heavy atom. The maximum absolute atomic E-state index is 14.5. The predicted octanol–water partition coefficient (Wildman–Crippen LogP) is 2.86. The lowest BCUT2D eigenvalue weighted by Gasteiger charge is -2.40. The zero-order chi connectivity index (χ0) is 11.9. The summed E-state index contributed by atoms with van der Waals surface area (Å²) in [5.41, 5.74) is 5.73. The third-order valence-corrected chi connectivity index (χ3v) is 3.91. The Morgan fingerprint density at radius 3 is 2.82 bits per heavy atom. The van der Waals surface area contributed by atoms with Crippen molar-refractivity contribution in [3.05, 3.63) is 41.2 Å². The average Bonchev–Trinajstić information content (AvgIpc) is 2.73. The van der Waals surface area contributed by atoms with Crippen LogP contribution in [-0.4, -0.2) is 9.97 Å². The highest BCUT2D eigenvalue weighted by Gasteiger charge is 2.48. The first-order chi connectivity index (χ1) is 8.17. The van der Waals surface area contributed by atoms with Gasteiger partial charge in [-0.2, -0.15) is 0 Å². The zero-order valence-electron chi connectivity index (χ0n) is 9.14. The molecule has 0 bridgehead atoms. The predicted molar refractivity (Wildman–Crippen MR) is 65.5 cm³/mol. The molecular weight excluding hydrogens is 237 g/mol. The van der Waals surface area contributed by atoms with Crippen molar-refractivity contribution in [1.29, 1.82) is 0 Å². The highest BCUT2D eigenvalue weighted by Crippen LogP contribution is 2.53. The van der Waals surface area contributed by atoms with Gasteiger partial charge in [0.05, 0.1) is 11.4 Å². The Hall–Kier alpha value is -1.49. The van der Waals surface area contributed by atoms with Crippen LogP contribution in [0.3, 0.4) is 0 Å². The number of nitrogens with zero attached hydrogens (tertiary/aromatic N) is 2. The Bertz CT molecular complexity index is 520. The molecule has 1 aliphatic carbocycles. The highest BCUT2D eigenvalue weighted by atomic mass is 32.1. The van der Waals surface area contributed by atoms with Gasteiger partial charge in [0.2, 0.25) is 0 Å². The van der Waals surface area contributed by atoms with E-state index in [9.17, 15) is 4.39 Å². The van der Waals surface area contributed by atoms with Gasteiger partial charge in [-0.1, -0.05) is 6.07 Å². The van der Waals surface area contributed by atoms with Crippen molar-refractivity contribution in [2.45, 2.75) is 24.4 Å².